The molecule has 0 aliphatic heterocycles. The topological polar surface area (TPSA) is 103 Å². The van der Waals surface area contributed by atoms with Gasteiger partial charge in [0.2, 0.25) is 11.2 Å². The highest BCUT2D eigenvalue weighted by atomic mass is 35.5. The Labute approximate surface area is 122 Å². The normalized spacial score (nSPS) is 10.2. The summed E-state index contributed by atoms with van der Waals surface area (Å²) in [7, 11) is 1.59. The predicted molar refractivity (Wildman–Crippen MR) is 72.6 cm³/mol. The van der Waals surface area contributed by atoms with Gasteiger partial charge in [-0.2, -0.15) is 15.0 Å². The van der Waals surface area contributed by atoms with Gasteiger partial charge in [0.05, 0.1) is 16.0 Å². The Morgan fingerprint density at radius 3 is 2.70 bits per heavy atom. The van der Waals surface area contributed by atoms with Gasteiger partial charge in [0.25, 0.3) is 5.69 Å². The first kappa shape index (κ1) is 14.2. The van der Waals surface area contributed by atoms with Crippen LogP contribution in [-0.4, -0.2) is 26.9 Å². The first-order valence-electron chi connectivity index (χ1n) is 5.20. The minimum Gasteiger partial charge on any atom is -0.422 e. The van der Waals surface area contributed by atoms with Crippen LogP contribution in [0.4, 0.5) is 11.6 Å². The number of hydrogen-bond acceptors (Lipinski definition) is 7. The van der Waals surface area contributed by atoms with E-state index in [4.69, 9.17) is 27.9 Å². The van der Waals surface area contributed by atoms with Crippen LogP contribution in [0.1, 0.15) is 0 Å². The zero-order chi connectivity index (χ0) is 14.7. The molecule has 0 aliphatic carbocycles. The molecule has 10 heteroatoms. The highest BCUT2D eigenvalue weighted by Gasteiger charge is 2.13. The van der Waals surface area contributed by atoms with E-state index in [9.17, 15) is 10.1 Å². The molecular weight excluding hydrogens is 309 g/mol. The fraction of sp³-hybridized carbons (Fsp3) is 0.100. The number of nitrogens with zero attached hydrogens (tertiary/aromatic N) is 4. The molecule has 1 N–H and O–H groups in total. The molecule has 2 rings (SSSR count). The number of benzene rings is 1. The summed E-state index contributed by atoms with van der Waals surface area (Å²) in [5.74, 6) is 0.242. The number of anilines is 1. The molecule has 1 aromatic heterocycles. The molecule has 0 fully saturated rings. The summed E-state index contributed by atoms with van der Waals surface area (Å²) < 4.78 is 5.30. The summed E-state index contributed by atoms with van der Waals surface area (Å²) in [5, 5.41) is 13.5. The average molecular weight is 316 g/mol. The zero-order valence-electron chi connectivity index (χ0n) is 10.0. The number of aromatic nitrogens is 3. The van der Waals surface area contributed by atoms with Gasteiger partial charge in [-0.15, -0.1) is 0 Å². The first-order chi connectivity index (χ1) is 9.49. The van der Waals surface area contributed by atoms with E-state index in [-0.39, 0.29) is 33.7 Å². The summed E-state index contributed by atoms with van der Waals surface area (Å²) in [6.07, 6.45) is 0. The van der Waals surface area contributed by atoms with Crippen LogP contribution in [0.2, 0.25) is 10.3 Å². The second kappa shape index (κ2) is 5.85. The third-order valence-electron chi connectivity index (χ3n) is 2.14. The van der Waals surface area contributed by atoms with Gasteiger partial charge >= 0.3 is 6.01 Å². The van der Waals surface area contributed by atoms with Crippen molar-refractivity contribution in [3.8, 4) is 11.8 Å². The van der Waals surface area contributed by atoms with Crippen molar-refractivity contribution in [1.29, 1.82) is 0 Å². The number of halogens is 2. The molecule has 0 saturated carbocycles. The van der Waals surface area contributed by atoms with Crippen LogP contribution < -0.4 is 10.1 Å². The maximum atomic E-state index is 10.7. The summed E-state index contributed by atoms with van der Waals surface area (Å²) >= 11 is 11.6. The molecule has 0 radical (unpaired) electrons. The van der Waals surface area contributed by atoms with Crippen LogP contribution >= 0.6 is 23.2 Å². The Morgan fingerprint density at radius 1 is 1.30 bits per heavy atom. The van der Waals surface area contributed by atoms with E-state index in [1.54, 1.807) is 7.05 Å². The monoisotopic (exact) mass is 315 g/mol. The number of ether oxygens (including phenoxy) is 1. The summed E-state index contributed by atoms with van der Waals surface area (Å²) in [6, 6.07) is 3.64. The molecule has 1 aromatic carbocycles. The molecule has 2 aromatic rings. The van der Waals surface area contributed by atoms with Crippen molar-refractivity contribution < 1.29 is 9.66 Å². The zero-order valence-corrected chi connectivity index (χ0v) is 11.5. The summed E-state index contributed by atoms with van der Waals surface area (Å²) in [5.41, 5.74) is -0.168. The Hall–Kier alpha value is -2.19. The van der Waals surface area contributed by atoms with Crippen molar-refractivity contribution >= 4 is 34.8 Å². The van der Waals surface area contributed by atoms with Crippen LogP contribution in [0.3, 0.4) is 0 Å². The van der Waals surface area contributed by atoms with Crippen molar-refractivity contribution in [3.05, 3.63) is 38.6 Å². The Kier molecular flexibility index (Phi) is 4.16. The molecule has 104 valence electrons. The van der Waals surface area contributed by atoms with E-state index in [0.717, 1.165) is 0 Å². The molecule has 20 heavy (non-hydrogen) atoms. The molecule has 0 atom stereocenters. The van der Waals surface area contributed by atoms with Crippen LogP contribution in [0.5, 0.6) is 11.8 Å². The van der Waals surface area contributed by atoms with Crippen LogP contribution in [-0.2, 0) is 0 Å². The second-order valence-electron chi connectivity index (χ2n) is 3.43. The smallest absolute Gasteiger partial charge is 0.328 e. The Morgan fingerprint density at radius 2 is 2.05 bits per heavy atom. The molecule has 0 spiro atoms. The number of nitrogens with one attached hydrogen (secondary N) is 1. The van der Waals surface area contributed by atoms with Crippen molar-refractivity contribution in [2.75, 3.05) is 12.4 Å². The first-order valence-corrected chi connectivity index (χ1v) is 5.96. The molecule has 0 saturated heterocycles. The van der Waals surface area contributed by atoms with E-state index in [2.05, 4.69) is 20.3 Å². The van der Waals surface area contributed by atoms with Gasteiger partial charge in [-0.05, 0) is 17.7 Å². The van der Waals surface area contributed by atoms with E-state index in [1.165, 1.54) is 18.2 Å². The van der Waals surface area contributed by atoms with Crippen molar-refractivity contribution in [2.24, 2.45) is 0 Å². The molecule has 8 nitrogen and oxygen atoms in total. The average Bonchev–Trinajstić information content (AvgIpc) is 2.40. The van der Waals surface area contributed by atoms with Gasteiger partial charge in [-0.25, -0.2) is 0 Å². The van der Waals surface area contributed by atoms with Crippen molar-refractivity contribution in [2.45, 2.75) is 0 Å². The lowest BCUT2D eigenvalue weighted by atomic mass is 10.3. The molecular formula is C10H7Cl2N5O3. The van der Waals surface area contributed by atoms with Crippen LogP contribution in [0.25, 0.3) is 0 Å². The highest BCUT2D eigenvalue weighted by molar-refractivity contribution is 6.32. The minimum atomic E-state index is -0.567. The molecule has 0 amide bonds. The van der Waals surface area contributed by atoms with Crippen LogP contribution in [0.15, 0.2) is 18.2 Å². The van der Waals surface area contributed by atoms with Gasteiger partial charge in [-0.3, -0.25) is 10.1 Å². The lowest BCUT2D eigenvalue weighted by Crippen LogP contribution is -2.01. The standard InChI is InChI=1S/C10H7Cl2N5O3/c1-13-9-14-8(12)15-10(16-9)20-7-4-5(17(18)19)2-3-6(7)11/h2-4H,1H3,(H,13,14,15,16). The number of non-ortho nitro benzene ring substituents is 1. The fourth-order valence-electron chi connectivity index (χ4n) is 1.27. The minimum absolute atomic E-state index is 0.0465. The van der Waals surface area contributed by atoms with Gasteiger partial charge in [0, 0.05) is 13.1 Å². The van der Waals surface area contributed by atoms with Gasteiger partial charge < -0.3 is 10.1 Å². The predicted octanol–water partition coefficient (Wildman–Crippen LogP) is 2.92. The SMILES string of the molecule is CNc1nc(Cl)nc(Oc2cc([N+](=O)[O-])ccc2Cl)n1. The van der Waals surface area contributed by atoms with Crippen LogP contribution in [0, 0.1) is 10.1 Å². The molecule has 0 bridgehead atoms. The molecule has 0 aliphatic rings. The number of hydrogen-bond donors (Lipinski definition) is 1. The van der Waals surface area contributed by atoms with Crippen molar-refractivity contribution in [1.82, 2.24) is 15.0 Å². The van der Waals surface area contributed by atoms with Crippen molar-refractivity contribution in [3.63, 3.8) is 0 Å². The molecule has 1 heterocycles. The van der Waals surface area contributed by atoms with E-state index in [1.807, 2.05) is 0 Å². The van der Waals surface area contributed by atoms with Gasteiger partial charge in [0.15, 0.2) is 5.75 Å². The third kappa shape index (κ3) is 3.22. The lowest BCUT2D eigenvalue weighted by molar-refractivity contribution is -0.384. The maximum absolute atomic E-state index is 10.7. The fourth-order valence-corrected chi connectivity index (χ4v) is 1.58. The number of nitro benzene ring substituents is 1. The van der Waals surface area contributed by atoms with E-state index in [0.29, 0.717) is 0 Å². The molecule has 0 unspecified atom stereocenters. The number of nitro groups is 1. The maximum Gasteiger partial charge on any atom is 0.328 e. The largest absolute Gasteiger partial charge is 0.422 e. The van der Waals surface area contributed by atoms with Gasteiger partial charge in [0.1, 0.15) is 0 Å². The Bertz CT molecular complexity index is 667. The third-order valence-corrected chi connectivity index (χ3v) is 2.62. The number of rotatable bonds is 4. The Balaban J connectivity index is 2.36. The highest BCUT2D eigenvalue weighted by Crippen LogP contribution is 2.31. The second-order valence-corrected chi connectivity index (χ2v) is 4.18. The van der Waals surface area contributed by atoms with E-state index < -0.39 is 4.92 Å². The van der Waals surface area contributed by atoms with E-state index >= 15 is 0 Å². The quantitative estimate of drug-likeness (QED) is 0.683. The lowest BCUT2D eigenvalue weighted by Gasteiger charge is -2.06. The summed E-state index contributed by atoms with van der Waals surface area (Å²) in [4.78, 5) is 21.6. The summed E-state index contributed by atoms with van der Waals surface area (Å²) in [6.45, 7) is 0. The van der Waals surface area contributed by atoms with Gasteiger partial charge in [-0.1, -0.05) is 11.6 Å².